The van der Waals surface area contributed by atoms with Crippen LogP contribution in [0.4, 0.5) is 5.82 Å². The zero-order chi connectivity index (χ0) is 21.6. The quantitative estimate of drug-likeness (QED) is 0.646. The second-order valence-electron chi connectivity index (χ2n) is 9.56. The molecule has 2 aliphatic heterocycles. The molecule has 2 N–H and O–H groups in total. The fourth-order valence-electron chi connectivity index (χ4n) is 4.70. The van der Waals surface area contributed by atoms with Crippen molar-refractivity contribution in [2.24, 2.45) is 0 Å². The smallest absolute Gasteiger partial charge is 0.229 e. The van der Waals surface area contributed by atoms with Gasteiger partial charge in [-0.3, -0.25) is 0 Å². The molecule has 0 saturated carbocycles. The van der Waals surface area contributed by atoms with Crippen molar-refractivity contribution in [3.8, 4) is 0 Å². The third-order valence-corrected chi connectivity index (χ3v) is 6.38. The average molecular weight is 427 g/mol. The molecule has 31 heavy (non-hydrogen) atoms. The number of rotatable bonds is 5. The van der Waals surface area contributed by atoms with Gasteiger partial charge in [-0.2, -0.15) is 0 Å². The summed E-state index contributed by atoms with van der Waals surface area (Å²) in [4.78, 5) is 15.5. The lowest BCUT2D eigenvalue weighted by molar-refractivity contribution is -0.906. The highest BCUT2D eigenvalue weighted by Gasteiger charge is 2.33. The van der Waals surface area contributed by atoms with Crippen LogP contribution < -0.4 is 10.2 Å². The molecule has 0 radical (unpaired) electrons. The molecule has 1 fully saturated rings. The number of nitrogens with one attached hydrogen (secondary N) is 2. The molecule has 2 aliphatic rings. The van der Waals surface area contributed by atoms with Crippen LogP contribution in [-0.2, 0) is 22.5 Å². The molecule has 0 amide bonds. The van der Waals surface area contributed by atoms with E-state index in [0.29, 0.717) is 17.9 Å². The summed E-state index contributed by atoms with van der Waals surface area (Å²) in [7, 11) is 0. The molecular weight excluding hydrogens is 394 g/mol. The minimum Gasteiger partial charge on any atom is -0.432 e. The maximum Gasteiger partial charge on any atom is 0.229 e. The topological polar surface area (TPSA) is 86.7 Å². The molecule has 8 heteroatoms. The normalized spacial score (nSPS) is 19.3. The predicted octanol–water partition coefficient (Wildman–Crippen LogP) is 2.07. The molecule has 1 saturated heterocycles. The lowest BCUT2D eigenvalue weighted by Crippen LogP contribution is -3.14. The summed E-state index contributed by atoms with van der Waals surface area (Å²) in [5.41, 5.74) is 5.44. The third kappa shape index (κ3) is 3.88. The SMILES string of the molecule is CC(C)c1nc2oc3c(NCC[NH+]4CCOCC4)ncnc3c2c2c1COC(C)(C)C2. The predicted molar refractivity (Wildman–Crippen MR) is 119 cm³/mol. The highest BCUT2D eigenvalue weighted by molar-refractivity contribution is 6.06. The lowest BCUT2D eigenvalue weighted by Gasteiger charge is -2.33. The number of hydrogen-bond donors (Lipinski definition) is 2. The van der Waals surface area contributed by atoms with E-state index in [1.165, 1.54) is 11.1 Å². The number of anilines is 1. The first-order valence-corrected chi connectivity index (χ1v) is 11.3. The highest BCUT2D eigenvalue weighted by Crippen LogP contribution is 2.40. The second-order valence-corrected chi connectivity index (χ2v) is 9.56. The molecule has 3 aromatic rings. The van der Waals surface area contributed by atoms with Gasteiger partial charge in [0, 0.05) is 12.0 Å². The van der Waals surface area contributed by atoms with Crippen LogP contribution in [0, 0.1) is 0 Å². The Labute approximate surface area is 182 Å². The lowest BCUT2D eigenvalue weighted by atomic mass is 9.87. The molecule has 3 aromatic heterocycles. The number of nitrogens with zero attached hydrogens (tertiary/aromatic N) is 3. The molecule has 0 aliphatic carbocycles. The molecule has 0 spiro atoms. The summed E-state index contributed by atoms with van der Waals surface area (Å²) >= 11 is 0. The number of ether oxygens (including phenoxy) is 2. The number of quaternary nitrogens is 1. The van der Waals surface area contributed by atoms with Crippen LogP contribution >= 0.6 is 0 Å². The van der Waals surface area contributed by atoms with Crippen molar-refractivity contribution in [3.05, 3.63) is 23.1 Å². The first-order valence-electron chi connectivity index (χ1n) is 11.3. The van der Waals surface area contributed by atoms with Gasteiger partial charge < -0.3 is 24.1 Å². The molecule has 166 valence electrons. The summed E-state index contributed by atoms with van der Waals surface area (Å²) in [5.74, 6) is 1.03. The summed E-state index contributed by atoms with van der Waals surface area (Å²) in [6, 6.07) is 0. The van der Waals surface area contributed by atoms with Gasteiger partial charge in [0.05, 0.1) is 49.6 Å². The summed E-state index contributed by atoms with van der Waals surface area (Å²) in [6.45, 7) is 14.8. The Morgan fingerprint density at radius 2 is 1.97 bits per heavy atom. The Hall–Kier alpha value is -2.29. The van der Waals surface area contributed by atoms with E-state index in [-0.39, 0.29) is 11.5 Å². The van der Waals surface area contributed by atoms with Gasteiger partial charge in [-0.05, 0) is 25.3 Å². The highest BCUT2D eigenvalue weighted by atomic mass is 16.5. The van der Waals surface area contributed by atoms with Crippen LogP contribution in [0.2, 0.25) is 0 Å². The second kappa shape index (κ2) is 8.00. The van der Waals surface area contributed by atoms with Gasteiger partial charge in [-0.15, -0.1) is 0 Å². The average Bonchev–Trinajstić information content (AvgIpc) is 3.13. The Kier molecular flexibility index (Phi) is 5.32. The first kappa shape index (κ1) is 20.6. The van der Waals surface area contributed by atoms with Gasteiger partial charge in [-0.1, -0.05) is 13.8 Å². The van der Waals surface area contributed by atoms with E-state index in [9.17, 15) is 0 Å². The molecule has 0 atom stereocenters. The fraction of sp³-hybridized carbons (Fsp3) is 0.609. The number of pyridine rings is 1. The maximum atomic E-state index is 6.28. The Morgan fingerprint density at radius 1 is 1.16 bits per heavy atom. The number of fused-ring (bicyclic) bond motifs is 5. The van der Waals surface area contributed by atoms with Crippen molar-refractivity contribution >= 4 is 28.0 Å². The van der Waals surface area contributed by atoms with Crippen molar-refractivity contribution in [2.75, 3.05) is 44.7 Å². The molecule has 0 aromatic carbocycles. The largest absolute Gasteiger partial charge is 0.432 e. The summed E-state index contributed by atoms with van der Waals surface area (Å²) in [6.07, 6.45) is 2.43. The van der Waals surface area contributed by atoms with E-state index >= 15 is 0 Å². The summed E-state index contributed by atoms with van der Waals surface area (Å²) < 4.78 is 17.9. The van der Waals surface area contributed by atoms with Crippen LogP contribution in [-0.4, -0.2) is 59.9 Å². The zero-order valence-electron chi connectivity index (χ0n) is 18.9. The van der Waals surface area contributed by atoms with Crippen LogP contribution in [0.3, 0.4) is 0 Å². The van der Waals surface area contributed by atoms with Crippen molar-refractivity contribution < 1.29 is 18.8 Å². The molecular formula is C23H32N5O3+. The van der Waals surface area contributed by atoms with Gasteiger partial charge in [-0.25, -0.2) is 15.0 Å². The van der Waals surface area contributed by atoms with Crippen molar-refractivity contribution in [1.29, 1.82) is 0 Å². The fourth-order valence-corrected chi connectivity index (χ4v) is 4.70. The van der Waals surface area contributed by atoms with Gasteiger partial charge in [0.25, 0.3) is 0 Å². The molecule has 0 bridgehead atoms. The number of hydrogen-bond acceptors (Lipinski definition) is 7. The van der Waals surface area contributed by atoms with E-state index in [2.05, 4.69) is 43.0 Å². The van der Waals surface area contributed by atoms with E-state index < -0.39 is 0 Å². The van der Waals surface area contributed by atoms with E-state index in [4.69, 9.17) is 18.9 Å². The number of aromatic nitrogens is 3. The minimum absolute atomic E-state index is 0.228. The van der Waals surface area contributed by atoms with Gasteiger partial charge >= 0.3 is 0 Å². The Bertz CT molecular complexity index is 1100. The first-order chi connectivity index (χ1) is 14.9. The molecule has 8 nitrogen and oxygen atoms in total. The van der Waals surface area contributed by atoms with Crippen LogP contribution in [0.25, 0.3) is 22.2 Å². The Morgan fingerprint density at radius 3 is 2.74 bits per heavy atom. The van der Waals surface area contributed by atoms with E-state index in [0.717, 1.165) is 68.2 Å². The van der Waals surface area contributed by atoms with Crippen molar-refractivity contribution in [1.82, 2.24) is 15.0 Å². The van der Waals surface area contributed by atoms with Crippen molar-refractivity contribution in [3.63, 3.8) is 0 Å². The maximum absolute atomic E-state index is 6.28. The zero-order valence-corrected chi connectivity index (χ0v) is 18.9. The van der Waals surface area contributed by atoms with E-state index in [1.54, 1.807) is 11.2 Å². The number of morpholine rings is 1. The Balaban J connectivity index is 1.54. The van der Waals surface area contributed by atoms with Gasteiger partial charge in [0.2, 0.25) is 5.71 Å². The number of furan rings is 1. The molecule has 5 heterocycles. The van der Waals surface area contributed by atoms with Gasteiger partial charge in [0.1, 0.15) is 24.9 Å². The molecule has 5 rings (SSSR count). The third-order valence-electron chi connectivity index (χ3n) is 6.38. The van der Waals surface area contributed by atoms with Gasteiger partial charge in [0.15, 0.2) is 11.4 Å². The minimum atomic E-state index is -0.228. The monoisotopic (exact) mass is 426 g/mol. The molecule has 0 unspecified atom stereocenters. The van der Waals surface area contributed by atoms with Crippen molar-refractivity contribution in [2.45, 2.75) is 52.2 Å². The van der Waals surface area contributed by atoms with Crippen LogP contribution in [0.1, 0.15) is 50.4 Å². The van der Waals surface area contributed by atoms with Crippen LogP contribution in [0.5, 0.6) is 0 Å². The van der Waals surface area contributed by atoms with Crippen LogP contribution in [0.15, 0.2) is 10.7 Å². The summed E-state index contributed by atoms with van der Waals surface area (Å²) in [5, 5.41) is 4.48. The van der Waals surface area contributed by atoms with E-state index in [1.807, 2.05) is 0 Å². The standard InChI is InChI=1S/C23H31N5O3/c1-14(2)18-16-12-30-23(3,4)11-15(16)17-19-20(31-22(17)27-18)21(26-13-25-19)24-5-6-28-7-9-29-10-8-28/h13-14H,5-12H2,1-4H3,(H,24,25,26)/p+1.